The van der Waals surface area contributed by atoms with Crippen LogP contribution >= 0.6 is 11.8 Å². The van der Waals surface area contributed by atoms with E-state index < -0.39 is 10.0 Å². The van der Waals surface area contributed by atoms with E-state index in [-0.39, 0.29) is 0 Å². The largest absolute Gasteiger partial charge is 0.274 e. The molecule has 0 bridgehead atoms. The Kier molecular flexibility index (Phi) is 6.56. The van der Waals surface area contributed by atoms with Crippen molar-refractivity contribution >= 4 is 27.6 Å². The third kappa shape index (κ3) is 4.99. The second-order valence-electron chi connectivity index (χ2n) is 6.49. The molecule has 5 nitrogen and oxygen atoms in total. The van der Waals surface area contributed by atoms with Crippen LogP contribution in [0.3, 0.4) is 0 Å². The first-order valence-corrected chi connectivity index (χ1v) is 11.4. The van der Waals surface area contributed by atoms with E-state index in [0.29, 0.717) is 18.0 Å². The molecule has 0 atom stereocenters. The SMILES string of the molecule is Cc1ccc(SCCNc2ccc(S(=O)(=O)N3CCCCC3)c[nH+]2)cc1. The number of aromatic nitrogens is 1. The monoisotopic (exact) mass is 392 g/mol. The average Bonchev–Trinajstić information content (AvgIpc) is 2.68. The highest BCUT2D eigenvalue weighted by Gasteiger charge is 2.26. The lowest BCUT2D eigenvalue weighted by atomic mass is 10.2. The van der Waals surface area contributed by atoms with E-state index in [4.69, 9.17) is 0 Å². The third-order valence-electron chi connectivity index (χ3n) is 4.44. The minimum absolute atomic E-state index is 0.332. The number of pyridine rings is 1. The Morgan fingerprint density at radius 1 is 1.08 bits per heavy atom. The first-order valence-electron chi connectivity index (χ1n) is 9.01. The van der Waals surface area contributed by atoms with Gasteiger partial charge in [-0.15, -0.1) is 11.8 Å². The molecule has 2 heterocycles. The summed E-state index contributed by atoms with van der Waals surface area (Å²) < 4.78 is 26.8. The van der Waals surface area contributed by atoms with Gasteiger partial charge in [0.25, 0.3) is 5.82 Å². The molecule has 0 radical (unpaired) electrons. The highest BCUT2D eigenvalue weighted by atomic mass is 32.2. The topological polar surface area (TPSA) is 63.6 Å². The molecule has 0 aliphatic carbocycles. The Morgan fingerprint density at radius 2 is 1.81 bits per heavy atom. The zero-order chi connectivity index (χ0) is 18.4. The lowest BCUT2D eigenvalue weighted by molar-refractivity contribution is -0.364. The molecule has 0 spiro atoms. The number of hydrogen-bond acceptors (Lipinski definition) is 4. The minimum atomic E-state index is -3.37. The number of aryl methyl sites for hydroxylation is 1. The molecular formula is C19H26N3O2S2+. The molecule has 26 heavy (non-hydrogen) atoms. The standard InChI is InChI=1S/C19H25N3O2S2/c1-16-5-7-17(8-6-16)25-14-11-20-19-10-9-18(15-21-19)26(23,24)22-12-3-2-4-13-22/h5-10,15H,2-4,11-14H2,1H3,(H,20,21)/p+1. The summed E-state index contributed by atoms with van der Waals surface area (Å²) in [7, 11) is -3.37. The predicted octanol–water partition coefficient (Wildman–Crippen LogP) is 3.19. The van der Waals surface area contributed by atoms with Crippen LogP contribution in [0.5, 0.6) is 0 Å². The van der Waals surface area contributed by atoms with Crippen molar-refractivity contribution in [1.82, 2.24) is 4.31 Å². The molecule has 2 aromatic rings. The van der Waals surface area contributed by atoms with Crippen molar-refractivity contribution in [3.8, 4) is 0 Å². The maximum absolute atomic E-state index is 12.6. The van der Waals surface area contributed by atoms with E-state index in [1.807, 2.05) is 0 Å². The molecular weight excluding hydrogens is 366 g/mol. The summed E-state index contributed by atoms with van der Waals surface area (Å²) in [5, 5.41) is 3.30. The van der Waals surface area contributed by atoms with Crippen LogP contribution in [0.1, 0.15) is 24.8 Å². The fourth-order valence-corrected chi connectivity index (χ4v) is 5.18. The van der Waals surface area contributed by atoms with E-state index >= 15 is 0 Å². The number of hydrogen-bond donors (Lipinski definition) is 1. The number of rotatable bonds is 7. The van der Waals surface area contributed by atoms with Gasteiger partial charge in [0.2, 0.25) is 10.0 Å². The zero-order valence-corrected chi connectivity index (χ0v) is 16.7. The Bertz CT molecular complexity index is 800. The second-order valence-corrected chi connectivity index (χ2v) is 9.60. The molecule has 0 saturated carbocycles. The summed E-state index contributed by atoms with van der Waals surface area (Å²) in [6.07, 6.45) is 4.59. The van der Waals surface area contributed by atoms with Crippen LogP contribution in [-0.2, 0) is 10.0 Å². The van der Waals surface area contributed by atoms with E-state index in [1.54, 1.807) is 34.4 Å². The number of anilines is 1. The fraction of sp³-hybridized carbons (Fsp3) is 0.421. The smallest absolute Gasteiger partial charge is 0.272 e. The number of nitrogens with one attached hydrogen (secondary N) is 2. The Balaban J connectivity index is 1.50. The molecule has 1 aliphatic rings. The van der Waals surface area contributed by atoms with Crippen molar-refractivity contribution in [3.63, 3.8) is 0 Å². The molecule has 1 fully saturated rings. The number of benzene rings is 1. The number of sulfonamides is 1. The number of aromatic amines is 1. The normalized spacial score (nSPS) is 15.7. The van der Waals surface area contributed by atoms with Crippen molar-refractivity contribution in [2.45, 2.75) is 36.0 Å². The third-order valence-corrected chi connectivity index (χ3v) is 7.35. The van der Waals surface area contributed by atoms with Gasteiger partial charge in [-0.05, 0) is 38.0 Å². The lowest BCUT2D eigenvalue weighted by Crippen LogP contribution is -2.36. The second kappa shape index (κ2) is 8.88. The lowest BCUT2D eigenvalue weighted by Gasteiger charge is -2.25. The number of H-pyrrole nitrogens is 1. The van der Waals surface area contributed by atoms with Crippen LogP contribution in [0, 0.1) is 6.92 Å². The van der Waals surface area contributed by atoms with Crippen LogP contribution in [0.2, 0.25) is 0 Å². The van der Waals surface area contributed by atoms with Gasteiger partial charge in [-0.3, -0.25) is 5.32 Å². The van der Waals surface area contributed by atoms with E-state index in [0.717, 1.165) is 37.4 Å². The van der Waals surface area contributed by atoms with E-state index in [1.165, 1.54) is 10.5 Å². The molecule has 2 N–H and O–H groups in total. The number of piperidine rings is 1. The van der Waals surface area contributed by atoms with Crippen molar-refractivity contribution in [2.24, 2.45) is 0 Å². The molecule has 3 rings (SSSR count). The van der Waals surface area contributed by atoms with Crippen LogP contribution in [-0.4, -0.2) is 38.1 Å². The molecule has 1 saturated heterocycles. The van der Waals surface area contributed by atoms with Crippen molar-refractivity contribution in [2.75, 3.05) is 30.7 Å². The highest BCUT2D eigenvalue weighted by Crippen LogP contribution is 2.20. The zero-order valence-electron chi connectivity index (χ0n) is 15.1. The van der Waals surface area contributed by atoms with Gasteiger partial charge in [0.15, 0.2) is 0 Å². The van der Waals surface area contributed by atoms with Crippen LogP contribution in [0.15, 0.2) is 52.4 Å². The fourth-order valence-electron chi connectivity index (χ4n) is 2.92. The first-order chi connectivity index (χ1) is 12.6. The van der Waals surface area contributed by atoms with Gasteiger partial charge >= 0.3 is 0 Å². The molecule has 1 aromatic heterocycles. The Labute approximate surface area is 160 Å². The van der Waals surface area contributed by atoms with Gasteiger partial charge in [-0.1, -0.05) is 24.1 Å². The molecule has 1 aliphatic heterocycles. The van der Waals surface area contributed by atoms with E-state index in [9.17, 15) is 8.42 Å². The van der Waals surface area contributed by atoms with Crippen LogP contribution < -0.4 is 10.3 Å². The Hall–Kier alpha value is -1.57. The van der Waals surface area contributed by atoms with Crippen LogP contribution in [0.4, 0.5) is 5.82 Å². The summed E-state index contributed by atoms with van der Waals surface area (Å²) in [6.45, 7) is 4.13. The number of nitrogens with zero attached hydrogens (tertiary/aromatic N) is 1. The molecule has 140 valence electrons. The maximum atomic E-state index is 12.6. The molecule has 1 aromatic carbocycles. The maximum Gasteiger partial charge on any atom is 0.272 e. The summed E-state index contributed by atoms with van der Waals surface area (Å²) >= 11 is 1.80. The summed E-state index contributed by atoms with van der Waals surface area (Å²) in [6, 6.07) is 12.0. The number of thioether (sulfide) groups is 1. The van der Waals surface area contributed by atoms with Gasteiger partial charge in [-0.2, -0.15) is 4.31 Å². The highest BCUT2D eigenvalue weighted by molar-refractivity contribution is 7.99. The minimum Gasteiger partial charge on any atom is -0.274 e. The van der Waals surface area contributed by atoms with Crippen molar-refractivity contribution < 1.29 is 13.4 Å². The first kappa shape index (κ1) is 19.2. The van der Waals surface area contributed by atoms with Crippen molar-refractivity contribution in [1.29, 1.82) is 0 Å². The van der Waals surface area contributed by atoms with Gasteiger partial charge in [-0.25, -0.2) is 13.4 Å². The van der Waals surface area contributed by atoms with Crippen LogP contribution in [0.25, 0.3) is 0 Å². The summed E-state index contributed by atoms with van der Waals surface area (Å²) in [5.74, 6) is 1.76. The van der Waals surface area contributed by atoms with Gasteiger partial charge < -0.3 is 0 Å². The van der Waals surface area contributed by atoms with Gasteiger partial charge in [0.05, 0.1) is 6.54 Å². The van der Waals surface area contributed by atoms with Crippen molar-refractivity contribution in [3.05, 3.63) is 48.2 Å². The average molecular weight is 393 g/mol. The van der Waals surface area contributed by atoms with E-state index in [2.05, 4.69) is 41.5 Å². The van der Waals surface area contributed by atoms with Gasteiger partial charge in [0.1, 0.15) is 11.1 Å². The quantitative estimate of drug-likeness (QED) is 0.581. The molecule has 7 heteroatoms. The summed E-state index contributed by atoms with van der Waals surface area (Å²) in [5.41, 5.74) is 1.27. The molecule has 0 amide bonds. The molecule has 0 unspecified atom stereocenters. The summed E-state index contributed by atoms with van der Waals surface area (Å²) in [4.78, 5) is 4.65. The predicted molar refractivity (Wildman–Crippen MR) is 106 cm³/mol. The van der Waals surface area contributed by atoms with Gasteiger partial charge in [0, 0.05) is 29.8 Å². The Morgan fingerprint density at radius 3 is 2.46 bits per heavy atom.